The van der Waals surface area contributed by atoms with Gasteiger partial charge in [-0.15, -0.1) is 5.10 Å². The molecule has 3 aromatic rings. The molecule has 1 fully saturated rings. The van der Waals surface area contributed by atoms with Crippen LogP contribution in [0.2, 0.25) is 0 Å². The molecule has 158 valence electrons. The summed E-state index contributed by atoms with van der Waals surface area (Å²) in [6.07, 6.45) is 3.24. The number of aromatic nitrogens is 4. The van der Waals surface area contributed by atoms with Crippen molar-refractivity contribution in [2.24, 2.45) is 5.41 Å². The molecule has 1 saturated heterocycles. The molecule has 7 nitrogen and oxygen atoms in total. The molecule has 2 aliphatic heterocycles. The van der Waals surface area contributed by atoms with Crippen LogP contribution in [-0.4, -0.2) is 50.8 Å². The first-order chi connectivity index (χ1) is 14.9. The normalized spacial score (nSPS) is 17.1. The van der Waals surface area contributed by atoms with Crippen molar-refractivity contribution < 1.29 is 9.47 Å². The Hall–Kier alpha value is -3.37. The molecule has 0 bridgehead atoms. The monoisotopic (exact) mass is 415 g/mol. The summed E-state index contributed by atoms with van der Waals surface area (Å²) in [6.45, 7) is 10.0. The minimum atomic E-state index is -0.421. The first-order valence-electron chi connectivity index (χ1n) is 10.5. The molecule has 7 heteroatoms. The molecule has 0 spiro atoms. The number of pyridine rings is 1. The van der Waals surface area contributed by atoms with Gasteiger partial charge in [-0.05, 0) is 36.1 Å². The zero-order valence-corrected chi connectivity index (χ0v) is 18.0. The molecule has 0 N–H and O–H groups in total. The Bertz CT molecular complexity index is 1140. The molecule has 0 unspecified atom stereocenters. The Morgan fingerprint density at radius 3 is 2.58 bits per heavy atom. The maximum atomic E-state index is 5.80. The van der Waals surface area contributed by atoms with Gasteiger partial charge in [0.15, 0.2) is 11.5 Å². The van der Waals surface area contributed by atoms with Gasteiger partial charge in [0.1, 0.15) is 12.2 Å². The number of nitrogens with zero attached hydrogens (tertiary/aromatic N) is 5. The number of likely N-dealkylation sites (tertiary alicyclic amines) is 1. The molecule has 31 heavy (non-hydrogen) atoms. The molecule has 4 heterocycles. The van der Waals surface area contributed by atoms with Crippen molar-refractivity contribution in [1.29, 1.82) is 0 Å². The molecular formula is C24H25N5O2. The van der Waals surface area contributed by atoms with Crippen LogP contribution in [0, 0.1) is 24.2 Å². The highest BCUT2D eigenvalue weighted by Crippen LogP contribution is 2.34. The Kier molecular flexibility index (Phi) is 4.87. The molecule has 2 aromatic heterocycles. The third-order valence-corrected chi connectivity index (χ3v) is 5.40. The fraction of sp³-hybridized carbons (Fsp3) is 0.375. The van der Waals surface area contributed by atoms with Gasteiger partial charge in [-0.3, -0.25) is 9.88 Å². The van der Waals surface area contributed by atoms with Gasteiger partial charge in [-0.1, -0.05) is 43.0 Å². The molecule has 0 radical (unpaired) electrons. The summed E-state index contributed by atoms with van der Waals surface area (Å²) in [4.78, 5) is 6.94. The third-order valence-electron chi connectivity index (χ3n) is 5.40. The number of hydrogen-bond acceptors (Lipinski definition) is 6. The Morgan fingerprint density at radius 1 is 1.16 bits per heavy atom. The number of fused-ring (bicyclic) bond motifs is 1. The smallest absolute Gasteiger partial charge is 0.260 e. The van der Waals surface area contributed by atoms with Crippen LogP contribution in [0.25, 0.3) is 11.4 Å². The zero-order valence-electron chi connectivity index (χ0n) is 18.0. The minimum Gasteiger partial charge on any atom is -0.449 e. The van der Waals surface area contributed by atoms with Crippen LogP contribution in [-0.2, 0) is 6.54 Å². The van der Waals surface area contributed by atoms with Crippen molar-refractivity contribution in [1.82, 2.24) is 24.9 Å². The quantitative estimate of drug-likeness (QED) is 0.610. The lowest BCUT2D eigenvalue weighted by atomic mass is 9.84. The minimum absolute atomic E-state index is 0.421. The maximum Gasteiger partial charge on any atom is 0.260 e. The predicted octanol–water partition coefficient (Wildman–Crippen LogP) is 3.14. The molecule has 0 aliphatic carbocycles. The van der Waals surface area contributed by atoms with E-state index in [0.29, 0.717) is 12.0 Å². The number of para-hydroxylation sites is 2. The van der Waals surface area contributed by atoms with Gasteiger partial charge in [0.2, 0.25) is 0 Å². The van der Waals surface area contributed by atoms with Crippen LogP contribution < -0.4 is 9.47 Å². The van der Waals surface area contributed by atoms with Crippen LogP contribution in [0.5, 0.6) is 11.5 Å². The predicted molar refractivity (Wildman–Crippen MR) is 117 cm³/mol. The van der Waals surface area contributed by atoms with Crippen molar-refractivity contribution in [2.75, 3.05) is 19.6 Å². The van der Waals surface area contributed by atoms with E-state index in [1.54, 1.807) is 10.9 Å². The number of rotatable bonds is 4. The lowest BCUT2D eigenvalue weighted by Gasteiger charge is -2.44. The van der Waals surface area contributed by atoms with E-state index in [9.17, 15) is 0 Å². The Labute approximate surface area is 182 Å². The fourth-order valence-corrected chi connectivity index (χ4v) is 4.12. The van der Waals surface area contributed by atoms with Gasteiger partial charge in [0, 0.05) is 24.8 Å². The highest BCUT2D eigenvalue weighted by atomic mass is 16.7. The zero-order chi connectivity index (χ0) is 21.4. The molecular weight excluding hydrogens is 390 g/mol. The molecule has 5 rings (SSSR count). The molecule has 0 amide bonds. The van der Waals surface area contributed by atoms with Gasteiger partial charge in [-0.2, -0.15) is 0 Å². The largest absolute Gasteiger partial charge is 0.449 e. The van der Waals surface area contributed by atoms with E-state index in [0.717, 1.165) is 53.6 Å². The van der Waals surface area contributed by atoms with E-state index in [1.807, 2.05) is 43.5 Å². The third kappa shape index (κ3) is 4.25. The number of aryl methyl sites for hydroxylation is 1. The van der Waals surface area contributed by atoms with Gasteiger partial charge < -0.3 is 9.47 Å². The highest BCUT2D eigenvalue weighted by molar-refractivity contribution is 5.58. The number of ether oxygens (including phenoxy) is 2. The van der Waals surface area contributed by atoms with Crippen LogP contribution >= 0.6 is 0 Å². The van der Waals surface area contributed by atoms with Crippen LogP contribution in [0.15, 0.2) is 42.7 Å². The van der Waals surface area contributed by atoms with Crippen LogP contribution in [0.3, 0.4) is 0 Å². The van der Waals surface area contributed by atoms with Crippen LogP contribution in [0.1, 0.15) is 25.0 Å². The standard InChI is InChI=1S/C24H25N5O2/c1-17-11-18(7-6-10-28-15-24(2,3)16-28)12-25-23(17)19-13-29(27-26-19)14-22-30-20-8-4-5-9-21(20)31-22/h4-5,8-9,11-13,22H,10,14-16H2,1-3H3. The summed E-state index contributed by atoms with van der Waals surface area (Å²) in [5.41, 5.74) is 3.88. The Morgan fingerprint density at radius 2 is 1.90 bits per heavy atom. The first-order valence-corrected chi connectivity index (χ1v) is 10.5. The number of benzene rings is 1. The summed E-state index contributed by atoms with van der Waals surface area (Å²) >= 11 is 0. The average molecular weight is 415 g/mol. The molecule has 1 aromatic carbocycles. The topological polar surface area (TPSA) is 65.3 Å². The van der Waals surface area contributed by atoms with Gasteiger partial charge in [-0.25, -0.2) is 4.68 Å². The summed E-state index contributed by atoms with van der Waals surface area (Å²) in [5, 5.41) is 8.49. The van der Waals surface area contributed by atoms with E-state index >= 15 is 0 Å². The van der Waals surface area contributed by atoms with Crippen molar-refractivity contribution in [3.05, 3.63) is 53.9 Å². The van der Waals surface area contributed by atoms with E-state index < -0.39 is 6.29 Å². The maximum absolute atomic E-state index is 5.80. The van der Waals surface area contributed by atoms with Crippen LogP contribution in [0.4, 0.5) is 0 Å². The summed E-state index contributed by atoms with van der Waals surface area (Å²) in [7, 11) is 0. The van der Waals surface area contributed by atoms with E-state index in [4.69, 9.17) is 9.47 Å². The van der Waals surface area contributed by atoms with Crippen molar-refractivity contribution in [3.63, 3.8) is 0 Å². The van der Waals surface area contributed by atoms with Crippen molar-refractivity contribution >= 4 is 0 Å². The number of hydrogen-bond donors (Lipinski definition) is 0. The summed E-state index contributed by atoms with van der Waals surface area (Å²) in [5.74, 6) is 7.98. The second-order valence-electron chi connectivity index (χ2n) is 8.94. The van der Waals surface area contributed by atoms with E-state index in [2.05, 4.69) is 45.9 Å². The van der Waals surface area contributed by atoms with E-state index in [-0.39, 0.29) is 0 Å². The molecule has 0 atom stereocenters. The second kappa shape index (κ2) is 7.71. The van der Waals surface area contributed by atoms with Crippen molar-refractivity contribution in [3.8, 4) is 34.7 Å². The second-order valence-corrected chi connectivity index (χ2v) is 8.94. The Balaban J connectivity index is 1.22. The lowest BCUT2D eigenvalue weighted by molar-refractivity contribution is 0.0305. The summed E-state index contributed by atoms with van der Waals surface area (Å²) < 4.78 is 13.3. The highest BCUT2D eigenvalue weighted by Gasteiger charge is 2.33. The van der Waals surface area contributed by atoms with Gasteiger partial charge >= 0.3 is 0 Å². The average Bonchev–Trinajstić information content (AvgIpc) is 3.33. The van der Waals surface area contributed by atoms with Gasteiger partial charge in [0.25, 0.3) is 6.29 Å². The van der Waals surface area contributed by atoms with Gasteiger partial charge in [0.05, 0.1) is 18.4 Å². The first kappa shape index (κ1) is 19.6. The summed E-state index contributed by atoms with van der Waals surface area (Å²) in [6, 6.07) is 9.68. The molecule has 2 aliphatic rings. The van der Waals surface area contributed by atoms with Crippen molar-refractivity contribution in [2.45, 2.75) is 33.6 Å². The fourth-order valence-electron chi connectivity index (χ4n) is 4.12. The SMILES string of the molecule is Cc1cc(C#CCN2CC(C)(C)C2)cnc1-c1cn(CC2Oc3ccccc3O2)nn1. The lowest BCUT2D eigenvalue weighted by Crippen LogP contribution is -2.52. The van der Waals surface area contributed by atoms with E-state index in [1.165, 1.54) is 0 Å². The molecule has 0 saturated carbocycles.